The first-order valence-electron chi connectivity index (χ1n) is 12.2. The fraction of sp³-hybridized carbons (Fsp3) is 0.222. The van der Waals surface area contributed by atoms with Crippen molar-refractivity contribution in [1.29, 1.82) is 0 Å². The van der Waals surface area contributed by atoms with Crippen LogP contribution in [0.1, 0.15) is 31.5 Å². The summed E-state index contributed by atoms with van der Waals surface area (Å²) in [6.07, 6.45) is 4.55. The summed E-state index contributed by atoms with van der Waals surface area (Å²) in [5.41, 5.74) is 2.59. The van der Waals surface area contributed by atoms with E-state index >= 15 is 0 Å². The molecular weight excluding hydrogens is 484 g/mol. The van der Waals surface area contributed by atoms with Gasteiger partial charge in [0.25, 0.3) is 11.4 Å². The quantitative estimate of drug-likeness (QED) is 0.234. The minimum Gasteiger partial charge on any atom is -0.423 e. The average Bonchev–Trinajstić information content (AvgIpc) is 3.55. The first kappa shape index (κ1) is 24.9. The lowest BCUT2D eigenvalue weighted by Crippen LogP contribution is -2.23. The van der Waals surface area contributed by atoms with Gasteiger partial charge in [0.05, 0.1) is 35.8 Å². The number of hydrogen-bond donors (Lipinski definition) is 3. The van der Waals surface area contributed by atoms with Crippen molar-refractivity contribution >= 4 is 28.4 Å². The van der Waals surface area contributed by atoms with E-state index in [1.165, 1.54) is 6.39 Å². The molecule has 0 aliphatic carbocycles. The Balaban J connectivity index is 1.52. The number of fused-ring (bicyclic) bond motifs is 1. The minimum atomic E-state index is -0.382. The Morgan fingerprint density at radius 2 is 1.97 bits per heavy atom. The molecule has 11 nitrogen and oxygen atoms in total. The largest absolute Gasteiger partial charge is 0.423 e. The van der Waals surface area contributed by atoms with Crippen LogP contribution in [0.25, 0.3) is 22.5 Å². The molecule has 0 spiro atoms. The number of anilines is 3. The van der Waals surface area contributed by atoms with Crippen molar-refractivity contribution in [1.82, 2.24) is 29.5 Å². The lowest BCUT2D eigenvalue weighted by Gasteiger charge is -2.20. The Morgan fingerprint density at radius 3 is 2.66 bits per heavy atom. The van der Waals surface area contributed by atoms with Crippen molar-refractivity contribution in [3.63, 3.8) is 0 Å². The number of hydrogen-bond acceptors (Lipinski definition) is 9. The molecule has 38 heavy (non-hydrogen) atoms. The predicted molar refractivity (Wildman–Crippen MR) is 145 cm³/mol. The number of nitrogens with one attached hydrogen (secondary N) is 2. The van der Waals surface area contributed by atoms with Gasteiger partial charge in [-0.1, -0.05) is 36.4 Å². The standard InChI is InChI=1S/C27H28N8O3/c1-4-12-34-27(37)19-10-11-23(32-25(19)35(34)17(2)3)31-24-13-21(20(14-28-24)26-33-29-16-38-26)30-22(15-36)18-8-6-5-7-9-18/h4-11,13-14,16-17,22,36H,1,12,15H2,2-3H3,(H2,28,30,31,32)/t22-/m1/s1. The van der Waals surface area contributed by atoms with Gasteiger partial charge in [0.15, 0.2) is 5.65 Å². The van der Waals surface area contributed by atoms with Crippen LogP contribution in [-0.2, 0) is 6.54 Å². The van der Waals surface area contributed by atoms with Crippen molar-refractivity contribution in [2.45, 2.75) is 32.5 Å². The smallest absolute Gasteiger partial charge is 0.276 e. The van der Waals surface area contributed by atoms with Gasteiger partial charge in [-0.05, 0) is 31.5 Å². The zero-order chi connectivity index (χ0) is 26.6. The van der Waals surface area contributed by atoms with E-state index < -0.39 is 0 Å². The van der Waals surface area contributed by atoms with E-state index in [-0.39, 0.29) is 24.2 Å². The fourth-order valence-electron chi connectivity index (χ4n) is 4.37. The second kappa shape index (κ2) is 10.7. The first-order valence-corrected chi connectivity index (χ1v) is 12.2. The van der Waals surface area contributed by atoms with Gasteiger partial charge in [0, 0.05) is 18.3 Å². The van der Waals surface area contributed by atoms with Crippen LogP contribution in [0.2, 0.25) is 0 Å². The highest BCUT2D eigenvalue weighted by atomic mass is 16.4. The van der Waals surface area contributed by atoms with Gasteiger partial charge in [-0.3, -0.25) is 9.48 Å². The van der Waals surface area contributed by atoms with E-state index in [2.05, 4.69) is 32.4 Å². The topological polar surface area (TPSA) is 136 Å². The second-order valence-electron chi connectivity index (χ2n) is 8.96. The van der Waals surface area contributed by atoms with Crippen LogP contribution in [0.3, 0.4) is 0 Å². The molecule has 5 rings (SSSR count). The normalized spacial score (nSPS) is 12.1. The van der Waals surface area contributed by atoms with E-state index in [0.717, 1.165) is 5.56 Å². The van der Waals surface area contributed by atoms with Crippen molar-refractivity contribution in [3.05, 3.63) is 89.7 Å². The van der Waals surface area contributed by atoms with Gasteiger partial charge in [-0.2, -0.15) is 0 Å². The summed E-state index contributed by atoms with van der Waals surface area (Å²) < 4.78 is 8.92. The highest BCUT2D eigenvalue weighted by Gasteiger charge is 2.19. The number of benzene rings is 1. The third-order valence-corrected chi connectivity index (χ3v) is 6.07. The molecule has 0 aliphatic heterocycles. The molecule has 0 amide bonds. The molecule has 3 N–H and O–H groups in total. The zero-order valence-electron chi connectivity index (χ0n) is 21.1. The number of aromatic nitrogens is 6. The minimum absolute atomic E-state index is 0.0129. The fourth-order valence-corrected chi connectivity index (χ4v) is 4.37. The van der Waals surface area contributed by atoms with E-state index in [4.69, 9.17) is 9.40 Å². The molecule has 0 fully saturated rings. The van der Waals surface area contributed by atoms with Crippen LogP contribution in [0.5, 0.6) is 0 Å². The molecule has 5 aromatic rings. The molecular formula is C27H28N8O3. The number of aliphatic hydroxyl groups is 1. The number of pyridine rings is 2. The Labute approximate surface area is 218 Å². The summed E-state index contributed by atoms with van der Waals surface area (Å²) in [5, 5.41) is 25.0. The highest BCUT2D eigenvalue weighted by molar-refractivity contribution is 5.79. The van der Waals surface area contributed by atoms with E-state index in [1.807, 2.05) is 48.9 Å². The van der Waals surface area contributed by atoms with Gasteiger partial charge < -0.3 is 20.2 Å². The molecule has 4 aromatic heterocycles. The Bertz CT molecular complexity index is 1610. The van der Waals surface area contributed by atoms with Crippen LogP contribution in [0, 0.1) is 0 Å². The summed E-state index contributed by atoms with van der Waals surface area (Å²) in [6.45, 7) is 8.02. The average molecular weight is 513 g/mol. The van der Waals surface area contributed by atoms with E-state index in [1.54, 1.807) is 35.2 Å². The summed E-state index contributed by atoms with van der Waals surface area (Å²) in [5.74, 6) is 1.31. The SMILES string of the molecule is C=CCn1c(=O)c2ccc(Nc3cc(N[C@H](CO)c4ccccc4)c(-c4nnco4)cn3)nc2n1C(C)C. The van der Waals surface area contributed by atoms with Crippen LogP contribution in [-0.4, -0.2) is 41.2 Å². The molecule has 0 bridgehead atoms. The molecule has 0 saturated heterocycles. The Hall–Kier alpha value is -4.77. The third-order valence-electron chi connectivity index (χ3n) is 6.07. The van der Waals surface area contributed by atoms with Gasteiger partial charge in [-0.25, -0.2) is 14.6 Å². The van der Waals surface area contributed by atoms with E-state index in [0.29, 0.717) is 46.4 Å². The maximum atomic E-state index is 12.9. The summed E-state index contributed by atoms with van der Waals surface area (Å²) in [7, 11) is 0. The van der Waals surface area contributed by atoms with Crippen molar-refractivity contribution in [2.75, 3.05) is 17.2 Å². The first-order chi connectivity index (χ1) is 18.5. The molecule has 0 saturated carbocycles. The molecule has 11 heteroatoms. The third kappa shape index (κ3) is 4.78. The van der Waals surface area contributed by atoms with Gasteiger partial charge in [-0.15, -0.1) is 16.8 Å². The Kier molecular flexibility index (Phi) is 7.00. The lowest BCUT2D eigenvalue weighted by molar-refractivity contribution is 0.276. The molecule has 194 valence electrons. The zero-order valence-corrected chi connectivity index (χ0v) is 21.1. The predicted octanol–water partition coefficient (Wildman–Crippen LogP) is 4.30. The molecule has 0 unspecified atom stereocenters. The van der Waals surface area contributed by atoms with Crippen LogP contribution in [0.4, 0.5) is 17.3 Å². The maximum Gasteiger partial charge on any atom is 0.276 e. The van der Waals surface area contributed by atoms with Gasteiger partial charge in [0.1, 0.15) is 11.6 Å². The Morgan fingerprint density at radius 1 is 1.16 bits per heavy atom. The van der Waals surface area contributed by atoms with Crippen molar-refractivity contribution in [3.8, 4) is 11.5 Å². The van der Waals surface area contributed by atoms with Crippen LogP contribution < -0.4 is 16.2 Å². The number of nitrogens with zero attached hydrogens (tertiary/aromatic N) is 6. The molecule has 0 aliphatic rings. The van der Waals surface area contributed by atoms with Crippen molar-refractivity contribution < 1.29 is 9.52 Å². The summed E-state index contributed by atoms with van der Waals surface area (Å²) >= 11 is 0. The number of allylic oxidation sites excluding steroid dienone is 1. The molecule has 1 atom stereocenters. The van der Waals surface area contributed by atoms with Crippen LogP contribution in [0.15, 0.2) is 83.0 Å². The molecule has 1 aromatic carbocycles. The molecule has 4 heterocycles. The van der Waals surface area contributed by atoms with Gasteiger partial charge >= 0.3 is 0 Å². The number of rotatable bonds is 10. The molecule has 0 radical (unpaired) electrons. The lowest BCUT2D eigenvalue weighted by atomic mass is 10.1. The van der Waals surface area contributed by atoms with Crippen molar-refractivity contribution in [2.24, 2.45) is 0 Å². The second-order valence-corrected chi connectivity index (χ2v) is 8.96. The van der Waals surface area contributed by atoms with Gasteiger partial charge in [0.2, 0.25) is 6.39 Å². The maximum absolute atomic E-state index is 12.9. The monoisotopic (exact) mass is 512 g/mol. The summed E-state index contributed by atoms with van der Waals surface area (Å²) in [4.78, 5) is 22.2. The van der Waals surface area contributed by atoms with E-state index in [9.17, 15) is 9.90 Å². The summed E-state index contributed by atoms with van der Waals surface area (Å²) in [6, 6.07) is 14.5. The van der Waals surface area contributed by atoms with Crippen LogP contribution >= 0.6 is 0 Å². The highest BCUT2D eigenvalue weighted by Crippen LogP contribution is 2.32. The number of aliphatic hydroxyl groups excluding tert-OH is 1.